The van der Waals surface area contributed by atoms with Crippen LogP contribution in [-0.2, 0) is 9.53 Å². The van der Waals surface area contributed by atoms with Gasteiger partial charge in [0.15, 0.2) is 0 Å². The first-order valence-corrected chi connectivity index (χ1v) is 5.58. The Bertz CT molecular complexity index is 176. The van der Waals surface area contributed by atoms with Crippen LogP contribution in [0, 0.1) is 5.92 Å². The molecule has 1 fully saturated rings. The third kappa shape index (κ3) is 3.66. The van der Waals surface area contributed by atoms with Crippen LogP contribution in [0.2, 0.25) is 0 Å². The Morgan fingerprint density at radius 1 is 1.43 bits per heavy atom. The highest BCUT2D eigenvalue weighted by molar-refractivity contribution is 5.75. The third-order valence-corrected chi connectivity index (χ3v) is 2.97. The lowest BCUT2D eigenvalue weighted by Crippen LogP contribution is -2.33. The van der Waals surface area contributed by atoms with Crippen molar-refractivity contribution in [1.29, 1.82) is 0 Å². The molecule has 0 heterocycles. The van der Waals surface area contributed by atoms with E-state index in [1.807, 2.05) is 6.92 Å². The van der Waals surface area contributed by atoms with E-state index in [1.54, 1.807) is 7.05 Å². The Kier molecular flexibility index (Phi) is 4.94. The summed E-state index contributed by atoms with van der Waals surface area (Å²) in [5.41, 5.74) is 0. The Morgan fingerprint density at radius 2 is 2.07 bits per heavy atom. The molecule has 0 saturated heterocycles. The van der Waals surface area contributed by atoms with Crippen molar-refractivity contribution in [2.75, 3.05) is 13.7 Å². The van der Waals surface area contributed by atoms with Gasteiger partial charge in [-0.25, -0.2) is 0 Å². The predicted octanol–water partition coefficient (Wildman–Crippen LogP) is 1.72. The first-order valence-electron chi connectivity index (χ1n) is 5.58. The van der Waals surface area contributed by atoms with E-state index < -0.39 is 0 Å². The molecule has 1 aliphatic carbocycles. The summed E-state index contributed by atoms with van der Waals surface area (Å²) < 4.78 is 5.23. The molecule has 82 valence electrons. The standard InChI is InChI=1S/C11H21NO2/c1-9(12-2)11(13)14-8-10-6-4-3-5-7-10/h9-10,12H,3-8H2,1-2H3. The summed E-state index contributed by atoms with van der Waals surface area (Å²) in [6.45, 7) is 2.44. The molecule has 0 aromatic carbocycles. The molecule has 1 unspecified atom stereocenters. The maximum Gasteiger partial charge on any atom is 0.322 e. The minimum atomic E-state index is -0.182. The van der Waals surface area contributed by atoms with Gasteiger partial charge in [0.2, 0.25) is 0 Å². The first kappa shape index (κ1) is 11.5. The van der Waals surface area contributed by atoms with Crippen LogP contribution in [0.15, 0.2) is 0 Å². The fourth-order valence-corrected chi connectivity index (χ4v) is 1.80. The summed E-state index contributed by atoms with van der Waals surface area (Å²) in [5.74, 6) is 0.481. The normalized spacial score (nSPS) is 20.4. The number of carbonyl (C=O) groups excluding carboxylic acids is 1. The van der Waals surface area contributed by atoms with Crippen LogP contribution in [0.4, 0.5) is 0 Å². The summed E-state index contributed by atoms with van der Waals surface area (Å²) >= 11 is 0. The van der Waals surface area contributed by atoms with Gasteiger partial charge < -0.3 is 10.1 Å². The van der Waals surface area contributed by atoms with Crippen LogP contribution in [0.5, 0.6) is 0 Å². The van der Waals surface area contributed by atoms with Gasteiger partial charge in [0.05, 0.1) is 6.61 Å². The molecular weight excluding hydrogens is 178 g/mol. The van der Waals surface area contributed by atoms with Gasteiger partial charge in [-0.05, 0) is 32.7 Å². The summed E-state index contributed by atoms with van der Waals surface area (Å²) in [7, 11) is 1.77. The van der Waals surface area contributed by atoms with Crippen LogP contribution in [0.25, 0.3) is 0 Å². The predicted molar refractivity (Wildman–Crippen MR) is 56.1 cm³/mol. The monoisotopic (exact) mass is 199 g/mol. The third-order valence-electron chi connectivity index (χ3n) is 2.97. The molecule has 1 aliphatic rings. The van der Waals surface area contributed by atoms with Crippen LogP contribution >= 0.6 is 0 Å². The highest BCUT2D eigenvalue weighted by atomic mass is 16.5. The molecule has 3 heteroatoms. The molecule has 0 amide bonds. The van der Waals surface area contributed by atoms with Gasteiger partial charge in [-0.15, -0.1) is 0 Å². The summed E-state index contributed by atoms with van der Waals surface area (Å²) in [4.78, 5) is 11.3. The van der Waals surface area contributed by atoms with Gasteiger partial charge >= 0.3 is 5.97 Å². The van der Waals surface area contributed by atoms with Crippen molar-refractivity contribution < 1.29 is 9.53 Å². The zero-order chi connectivity index (χ0) is 10.4. The zero-order valence-corrected chi connectivity index (χ0v) is 9.21. The Hall–Kier alpha value is -0.570. The smallest absolute Gasteiger partial charge is 0.322 e. The van der Waals surface area contributed by atoms with E-state index in [0.717, 1.165) is 0 Å². The van der Waals surface area contributed by atoms with Crippen molar-refractivity contribution in [2.24, 2.45) is 5.92 Å². The van der Waals surface area contributed by atoms with E-state index in [4.69, 9.17) is 4.74 Å². The number of hydrogen-bond donors (Lipinski definition) is 1. The number of rotatable bonds is 4. The molecule has 0 aromatic rings. The van der Waals surface area contributed by atoms with Gasteiger partial charge in [0.1, 0.15) is 6.04 Å². The quantitative estimate of drug-likeness (QED) is 0.701. The van der Waals surface area contributed by atoms with Crippen molar-refractivity contribution in [1.82, 2.24) is 5.32 Å². The van der Waals surface area contributed by atoms with Crippen molar-refractivity contribution in [3.8, 4) is 0 Å². The van der Waals surface area contributed by atoms with E-state index in [2.05, 4.69) is 5.32 Å². The van der Waals surface area contributed by atoms with Gasteiger partial charge in [0, 0.05) is 0 Å². The van der Waals surface area contributed by atoms with Crippen molar-refractivity contribution in [3.05, 3.63) is 0 Å². The van der Waals surface area contributed by atoms with E-state index >= 15 is 0 Å². The molecule has 0 radical (unpaired) electrons. The molecular formula is C11H21NO2. The number of carbonyl (C=O) groups is 1. The zero-order valence-electron chi connectivity index (χ0n) is 9.21. The van der Waals surface area contributed by atoms with Gasteiger partial charge in [-0.1, -0.05) is 19.3 Å². The first-order chi connectivity index (χ1) is 6.74. The maximum absolute atomic E-state index is 11.3. The minimum Gasteiger partial charge on any atom is -0.464 e. The number of hydrogen-bond acceptors (Lipinski definition) is 3. The number of likely N-dealkylation sites (N-methyl/N-ethyl adjacent to an activating group) is 1. The molecule has 1 N–H and O–H groups in total. The average molecular weight is 199 g/mol. The summed E-state index contributed by atoms with van der Waals surface area (Å²) in [5, 5.41) is 2.88. The van der Waals surface area contributed by atoms with Crippen LogP contribution in [0.1, 0.15) is 39.0 Å². The molecule has 0 bridgehead atoms. The van der Waals surface area contributed by atoms with E-state index in [9.17, 15) is 4.79 Å². The number of ether oxygens (including phenoxy) is 1. The Morgan fingerprint density at radius 3 is 2.64 bits per heavy atom. The summed E-state index contributed by atoms with van der Waals surface area (Å²) in [6, 6.07) is -0.182. The van der Waals surface area contributed by atoms with E-state index in [-0.39, 0.29) is 12.0 Å². The van der Waals surface area contributed by atoms with Gasteiger partial charge in [-0.2, -0.15) is 0 Å². The Labute approximate surface area is 86.2 Å². The van der Waals surface area contributed by atoms with E-state index in [1.165, 1.54) is 32.1 Å². The highest BCUT2D eigenvalue weighted by Gasteiger charge is 2.17. The molecule has 0 spiro atoms. The van der Waals surface area contributed by atoms with Crippen LogP contribution in [-0.4, -0.2) is 25.7 Å². The van der Waals surface area contributed by atoms with E-state index in [0.29, 0.717) is 12.5 Å². The average Bonchev–Trinajstić information content (AvgIpc) is 2.26. The van der Waals surface area contributed by atoms with Crippen LogP contribution < -0.4 is 5.32 Å². The largest absolute Gasteiger partial charge is 0.464 e. The van der Waals surface area contributed by atoms with Gasteiger partial charge in [0.25, 0.3) is 0 Å². The lowest BCUT2D eigenvalue weighted by atomic mass is 9.90. The lowest BCUT2D eigenvalue weighted by Gasteiger charge is -2.21. The topological polar surface area (TPSA) is 38.3 Å². The van der Waals surface area contributed by atoms with Crippen LogP contribution in [0.3, 0.4) is 0 Å². The maximum atomic E-state index is 11.3. The number of esters is 1. The Balaban J connectivity index is 2.15. The molecule has 14 heavy (non-hydrogen) atoms. The molecule has 0 aliphatic heterocycles. The molecule has 3 nitrogen and oxygen atoms in total. The molecule has 1 saturated carbocycles. The fraction of sp³-hybridized carbons (Fsp3) is 0.909. The second-order valence-electron chi connectivity index (χ2n) is 4.14. The lowest BCUT2D eigenvalue weighted by molar-refractivity contribution is -0.147. The second kappa shape index (κ2) is 6.02. The SMILES string of the molecule is CNC(C)C(=O)OCC1CCCCC1. The molecule has 1 rings (SSSR count). The minimum absolute atomic E-state index is 0.127. The summed E-state index contributed by atoms with van der Waals surface area (Å²) in [6.07, 6.45) is 6.38. The highest BCUT2D eigenvalue weighted by Crippen LogP contribution is 2.23. The molecule has 0 aromatic heterocycles. The van der Waals surface area contributed by atoms with Crippen molar-refractivity contribution in [3.63, 3.8) is 0 Å². The number of nitrogens with one attached hydrogen (secondary N) is 1. The van der Waals surface area contributed by atoms with Crippen molar-refractivity contribution >= 4 is 5.97 Å². The van der Waals surface area contributed by atoms with Gasteiger partial charge in [-0.3, -0.25) is 4.79 Å². The second-order valence-corrected chi connectivity index (χ2v) is 4.14. The fourth-order valence-electron chi connectivity index (χ4n) is 1.80. The molecule has 1 atom stereocenters. The van der Waals surface area contributed by atoms with Crippen molar-refractivity contribution in [2.45, 2.75) is 45.1 Å².